The molecule has 2 aromatic carbocycles. The van der Waals surface area contributed by atoms with Gasteiger partial charge in [-0.05, 0) is 68.5 Å². The monoisotopic (exact) mass is 392 g/mol. The number of nitrogens with zero attached hydrogens (tertiary/aromatic N) is 1. The maximum Gasteiger partial charge on any atom is 0.414 e. The Hall–Kier alpha value is -3.08. The number of ether oxygens (including phenoxy) is 1. The molecule has 0 aliphatic carbocycles. The van der Waals surface area contributed by atoms with Crippen molar-refractivity contribution in [3.05, 3.63) is 71.9 Å². The first-order valence-corrected chi connectivity index (χ1v) is 9.88. The predicted octanol–water partition coefficient (Wildman–Crippen LogP) is 5.56. The van der Waals surface area contributed by atoms with Crippen LogP contribution in [0.25, 0.3) is 5.57 Å². The molecule has 0 aromatic heterocycles. The first-order valence-electron chi connectivity index (χ1n) is 9.88. The Bertz CT molecular complexity index is 896. The summed E-state index contributed by atoms with van der Waals surface area (Å²) in [5.41, 5.74) is 2.94. The summed E-state index contributed by atoms with van der Waals surface area (Å²) in [6.45, 7) is 8.37. The molecule has 1 aliphatic rings. The highest BCUT2D eigenvalue weighted by Crippen LogP contribution is 2.30. The Balaban J connectivity index is 1.72. The van der Waals surface area contributed by atoms with Gasteiger partial charge in [0.1, 0.15) is 5.60 Å². The van der Waals surface area contributed by atoms with Gasteiger partial charge in [0.05, 0.1) is 0 Å². The summed E-state index contributed by atoms with van der Waals surface area (Å²) < 4.78 is 5.51. The molecule has 5 nitrogen and oxygen atoms in total. The van der Waals surface area contributed by atoms with Crippen LogP contribution in [-0.4, -0.2) is 29.0 Å². The SMILES string of the molecule is C[C@H]1CC(c2ccc(NC(=O)c3ccccc3)cc2)=CN(C(=O)OC(C)(C)C)C1. The van der Waals surface area contributed by atoms with Crippen molar-refractivity contribution in [1.82, 2.24) is 4.90 Å². The van der Waals surface area contributed by atoms with Gasteiger partial charge in [0.25, 0.3) is 5.91 Å². The number of allylic oxidation sites excluding steroid dienone is 1. The maximum atomic E-state index is 12.5. The van der Waals surface area contributed by atoms with Crippen LogP contribution in [0.4, 0.5) is 10.5 Å². The number of nitrogens with one attached hydrogen (secondary N) is 1. The summed E-state index contributed by atoms with van der Waals surface area (Å²) in [4.78, 5) is 26.4. The number of hydrogen-bond donors (Lipinski definition) is 1. The fourth-order valence-electron chi connectivity index (χ4n) is 3.27. The number of benzene rings is 2. The van der Waals surface area contributed by atoms with Crippen LogP contribution in [0.15, 0.2) is 60.8 Å². The number of rotatable bonds is 3. The van der Waals surface area contributed by atoms with Gasteiger partial charge in [-0.2, -0.15) is 0 Å². The van der Waals surface area contributed by atoms with Crippen LogP contribution in [0, 0.1) is 5.92 Å². The molecule has 1 N–H and O–H groups in total. The van der Waals surface area contributed by atoms with Crippen LogP contribution < -0.4 is 5.32 Å². The van der Waals surface area contributed by atoms with E-state index in [4.69, 9.17) is 4.74 Å². The van der Waals surface area contributed by atoms with Gasteiger partial charge in [0.2, 0.25) is 0 Å². The topological polar surface area (TPSA) is 58.6 Å². The molecule has 3 rings (SSSR count). The molecule has 0 saturated carbocycles. The summed E-state index contributed by atoms with van der Waals surface area (Å²) in [5, 5.41) is 2.91. The number of hydrogen-bond acceptors (Lipinski definition) is 3. The van der Waals surface area contributed by atoms with E-state index in [0.29, 0.717) is 18.0 Å². The highest BCUT2D eigenvalue weighted by atomic mass is 16.6. The molecular formula is C24H28N2O3. The molecule has 2 amide bonds. The predicted molar refractivity (Wildman–Crippen MR) is 116 cm³/mol. The van der Waals surface area contributed by atoms with Crippen LogP contribution in [0.3, 0.4) is 0 Å². The van der Waals surface area contributed by atoms with Crippen molar-refractivity contribution in [3.8, 4) is 0 Å². The number of carbonyl (C=O) groups is 2. The Morgan fingerprint density at radius 3 is 2.31 bits per heavy atom. The van der Waals surface area contributed by atoms with Crippen molar-refractivity contribution in [1.29, 1.82) is 0 Å². The minimum absolute atomic E-state index is 0.139. The molecule has 152 valence electrons. The zero-order valence-corrected chi connectivity index (χ0v) is 17.4. The van der Waals surface area contributed by atoms with E-state index in [2.05, 4.69) is 12.2 Å². The molecule has 29 heavy (non-hydrogen) atoms. The van der Waals surface area contributed by atoms with Crippen molar-refractivity contribution in [2.75, 3.05) is 11.9 Å². The second-order valence-corrected chi connectivity index (χ2v) is 8.49. The van der Waals surface area contributed by atoms with Crippen LogP contribution in [0.2, 0.25) is 0 Å². The Morgan fingerprint density at radius 2 is 1.69 bits per heavy atom. The Morgan fingerprint density at radius 1 is 1.03 bits per heavy atom. The first kappa shape index (κ1) is 20.6. The van der Waals surface area contributed by atoms with Gasteiger partial charge in [-0.1, -0.05) is 37.3 Å². The van der Waals surface area contributed by atoms with Crippen LogP contribution >= 0.6 is 0 Å². The lowest BCUT2D eigenvalue weighted by molar-refractivity contribution is 0.0308. The lowest BCUT2D eigenvalue weighted by atomic mass is 9.92. The van der Waals surface area contributed by atoms with Crippen molar-refractivity contribution >= 4 is 23.3 Å². The van der Waals surface area contributed by atoms with E-state index in [-0.39, 0.29) is 12.0 Å². The zero-order valence-electron chi connectivity index (χ0n) is 17.4. The smallest absolute Gasteiger partial charge is 0.414 e. The average Bonchev–Trinajstić information content (AvgIpc) is 2.67. The number of carbonyl (C=O) groups excluding carboxylic acids is 2. The van der Waals surface area contributed by atoms with E-state index < -0.39 is 5.60 Å². The second-order valence-electron chi connectivity index (χ2n) is 8.49. The van der Waals surface area contributed by atoms with E-state index in [1.54, 1.807) is 17.0 Å². The minimum atomic E-state index is -0.523. The van der Waals surface area contributed by atoms with E-state index in [9.17, 15) is 9.59 Å². The third kappa shape index (κ3) is 5.70. The van der Waals surface area contributed by atoms with Gasteiger partial charge >= 0.3 is 6.09 Å². The van der Waals surface area contributed by atoms with Gasteiger partial charge in [0.15, 0.2) is 0 Å². The van der Waals surface area contributed by atoms with Crippen molar-refractivity contribution in [2.24, 2.45) is 5.92 Å². The highest BCUT2D eigenvalue weighted by molar-refractivity contribution is 6.04. The van der Waals surface area contributed by atoms with E-state index in [1.807, 2.05) is 69.4 Å². The molecule has 0 unspecified atom stereocenters. The van der Waals surface area contributed by atoms with E-state index in [1.165, 1.54) is 0 Å². The molecule has 0 saturated heterocycles. The van der Waals surface area contributed by atoms with Crippen LogP contribution in [-0.2, 0) is 4.74 Å². The third-order valence-corrected chi connectivity index (χ3v) is 4.57. The standard InChI is InChI=1S/C24H28N2O3/c1-17-14-20(16-26(15-17)23(28)29-24(2,3)4)18-10-12-21(13-11-18)25-22(27)19-8-6-5-7-9-19/h5-13,16-17H,14-15H2,1-4H3,(H,25,27)/t17-/m0/s1. The van der Waals surface area contributed by atoms with Crippen LogP contribution in [0.1, 0.15) is 50.0 Å². The summed E-state index contributed by atoms with van der Waals surface area (Å²) >= 11 is 0. The highest BCUT2D eigenvalue weighted by Gasteiger charge is 2.26. The third-order valence-electron chi connectivity index (χ3n) is 4.57. The fraction of sp³-hybridized carbons (Fsp3) is 0.333. The summed E-state index contributed by atoms with van der Waals surface area (Å²) in [5.74, 6) is 0.194. The second kappa shape index (κ2) is 8.52. The largest absolute Gasteiger partial charge is 0.443 e. The quantitative estimate of drug-likeness (QED) is 0.744. The molecular weight excluding hydrogens is 364 g/mol. The molecule has 1 heterocycles. The number of amides is 2. The molecule has 0 fully saturated rings. The van der Waals surface area contributed by atoms with Crippen molar-refractivity contribution in [3.63, 3.8) is 0 Å². The fourth-order valence-corrected chi connectivity index (χ4v) is 3.27. The molecule has 0 bridgehead atoms. The lowest BCUT2D eigenvalue weighted by Crippen LogP contribution is -2.37. The molecule has 1 aliphatic heterocycles. The molecule has 0 radical (unpaired) electrons. The Kier molecular flexibility index (Phi) is 6.06. The van der Waals surface area contributed by atoms with Gasteiger partial charge in [-0.15, -0.1) is 0 Å². The lowest BCUT2D eigenvalue weighted by Gasteiger charge is -2.31. The zero-order chi connectivity index (χ0) is 21.0. The summed E-state index contributed by atoms with van der Waals surface area (Å²) in [7, 11) is 0. The molecule has 1 atom stereocenters. The molecule has 5 heteroatoms. The molecule has 2 aromatic rings. The molecule has 0 spiro atoms. The normalized spacial score (nSPS) is 16.8. The van der Waals surface area contributed by atoms with Crippen molar-refractivity contribution in [2.45, 2.75) is 39.7 Å². The van der Waals surface area contributed by atoms with Gasteiger partial charge < -0.3 is 10.1 Å². The van der Waals surface area contributed by atoms with Gasteiger partial charge in [-0.3, -0.25) is 9.69 Å². The number of anilines is 1. The summed E-state index contributed by atoms with van der Waals surface area (Å²) in [6, 6.07) is 16.8. The maximum absolute atomic E-state index is 12.5. The van der Waals surface area contributed by atoms with E-state index >= 15 is 0 Å². The van der Waals surface area contributed by atoms with E-state index in [0.717, 1.165) is 23.2 Å². The first-order chi connectivity index (χ1) is 13.7. The Labute approximate surface area is 172 Å². The van der Waals surface area contributed by atoms with Crippen LogP contribution in [0.5, 0.6) is 0 Å². The van der Waals surface area contributed by atoms with Gasteiger partial charge in [0, 0.05) is 24.0 Å². The van der Waals surface area contributed by atoms with Gasteiger partial charge in [-0.25, -0.2) is 4.79 Å². The van der Waals surface area contributed by atoms with Crippen molar-refractivity contribution < 1.29 is 14.3 Å². The summed E-state index contributed by atoms with van der Waals surface area (Å²) in [6.07, 6.45) is 2.44. The minimum Gasteiger partial charge on any atom is -0.443 e. The average molecular weight is 392 g/mol.